The van der Waals surface area contributed by atoms with Crippen LogP contribution in [0.15, 0.2) is 94.5 Å². The van der Waals surface area contributed by atoms with E-state index in [2.05, 4.69) is 33.8 Å². The van der Waals surface area contributed by atoms with Gasteiger partial charge in [0.25, 0.3) is 0 Å². The van der Waals surface area contributed by atoms with Crippen LogP contribution in [-0.4, -0.2) is 84.9 Å². The number of para-hydroxylation sites is 2. The summed E-state index contributed by atoms with van der Waals surface area (Å²) in [4.78, 5) is 20.3. The van der Waals surface area contributed by atoms with Crippen LogP contribution in [0.5, 0.6) is 34.5 Å². The first-order valence-electron chi connectivity index (χ1n) is 13.7. The lowest BCUT2D eigenvalue weighted by molar-refractivity contribution is 0.0552. The van der Waals surface area contributed by atoms with Crippen LogP contribution in [-0.2, 0) is 19.4 Å². The molecular formula is C32H34N4O10. The van der Waals surface area contributed by atoms with E-state index in [1.165, 1.54) is 37.0 Å². The second-order valence-electron chi connectivity index (χ2n) is 8.80. The van der Waals surface area contributed by atoms with Crippen molar-refractivity contribution in [2.45, 2.75) is 0 Å². The van der Waals surface area contributed by atoms with Crippen molar-refractivity contribution in [3.63, 3.8) is 0 Å². The minimum atomic E-state index is -0.434. The van der Waals surface area contributed by atoms with E-state index in [0.717, 1.165) is 0 Å². The third-order valence-electron chi connectivity index (χ3n) is 5.58. The van der Waals surface area contributed by atoms with Gasteiger partial charge in [0.15, 0.2) is 60.9 Å². The molecule has 0 amide bonds. The Labute approximate surface area is 265 Å². The van der Waals surface area contributed by atoms with Crippen LogP contribution in [0.1, 0.15) is 22.3 Å². The fourth-order valence-electron chi connectivity index (χ4n) is 3.37. The Balaban J connectivity index is 1.36. The highest BCUT2D eigenvalue weighted by atomic mass is 16.7. The van der Waals surface area contributed by atoms with Gasteiger partial charge < -0.3 is 49.3 Å². The highest BCUT2D eigenvalue weighted by molar-refractivity contribution is 5.91. The van der Waals surface area contributed by atoms with Crippen molar-refractivity contribution < 1.29 is 49.3 Å². The van der Waals surface area contributed by atoms with E-state index in [0.29, 0.717) is 22.6 Å². The van der Waals surface area contributed by atoms with Gasteiger partial charge in [0.05, 0.1) is 24.9 Å². The number of benzene rings is 3. The monoisotopic (exact) mass is 634 g/mol. The number of phenolic OH excluding ortho intramolecular Hbond substituents is 4. The van der Waals surface area contributed by atoms with Crippen LogP contribution in [0.25, 0.3) is 0 Å². The topological polar surface area (TPSA) is 186 Å². The third kappa shape index (κ3) is 10.8. The molecule has 0 saturated heterocycles. The summed E-state index contributed by atoms with van der Waals surface area (Å²) >= 11 is 0. The normalized spacial score (nSPS) is 11.3. The van der Waals surface area contributed by atoms with E-state index in [9.17, 15) is 20.4 Å². The van der Waals surface area contributed by atoms with Gasteiger partial charge in [-0.15, -0.1) is 0 Å². The van der Waals surface area contributed by atoms with Crippen LogP contribution >= 0.6 is 0 Å². The van der Waals surface area contributed by atoms with Crippen molar-refractivity contribution in [3.05, 3.63) is 96.1 Å². The molecule has 0 aromatic heterocycles. The first-order chi connectivity index (χ1) is 22.5. The Morgan fingerprint density at radius 3 is 1.13 bits per heavy atom. The number of ether oxygens (including phenoxy) is 2. The zero-order valence-corrected chi connectivity index (χ0v) is 24.8. The molecule has 0 aliphatic heterocycles. The van der Waals surface area contributed by atoms with Gasteiger partial charge >= 0.3 is 0 Å². The highest BCUT2D eigenvalue weighted by Gasteiger charge is 2.10. The molecule has 3 rings (SSSR count). The molecule has 242 valence electrons. The van der Waals surface area contributed by atoms with E-state index in [-0.39, 0.29) is 62.3 Å². The molecule has 0 aliphatic rings. The molecule has 3 aromatic carbocycles. The average molecular weight is 635 g/mol. The Hall–Kier alpha value is -6.18. The zero-order chi connectivity index (χ0) is 33.0. The Morgan fingerprint density at radius 1 is 0.478 bits per heavy atom. The third-order valence-corrected chi connectivity index (χ3v) is 5.58. The lowest BCUT2D eigenvalue weighted by atomic mass is 10.1. The standard InChI is InChI=1S/C32H34N4O10/c1-3-13-41-27-9-5-7-23(29(27)37)19-33-43-15-17-45-35-21-25-11-12-26(32(40)31(25)39)22-36-46-18-16-44-34-20-24-8-6-10-28(30(24)38)42-14-4-2/h3-12,19-22,37-40H,1-2,13-18H2/b33-19+,34-20+,35-21+,36-22+. The maximum Gasteiger partial charge on any atom is 0.167 e. The van der Waals surface area contributed by atoms with Gasteiger partial charge in [-0.1, -0.05) is 58.1 Å². The quantitative estimate of drug-likeness (QED) is 0.0455. The summed E-state index contributed by atoms with van der Waals surface area (Å²) in [5.74, 6) is -0.424. The molecule has 0 radical (unpaired) electrons. The largest absolute Gasteiger partial charge is 0.504 e. The van der Waals surface area contributed by atoms with Gasteiger partial charge in [-0.05, 0) is 36.4 Å². The van der Waals surface area contributed by atoms with Gasteiger partial charge in [0.1, 0.15) is 13.2 Å². The van der Waals surface area contributed by atoms with E-state index in [4.69, 9.17) is 28.8 Å². The van der Waals surface area contributed by atoms with Crippen LogP contribution in [0.2, 0.25) is 0 Å². The maximum atomic E-state index is 10.3. The predicted molar refractivity (Wildman–Crippen MR) is 172 cm³/mol. The highest BCUT2D eigenvalue weighted by Crippen LogP contribution is 2.31. The fraction of sp³-hybridized carbons (Fsp3) is 0.188. The molecule has 0 bridgehead atoms. The maximum absolute atomic E-state index is 10.3. The van der Waals surface area contributed by atoms with Crippen molar-refractivity contribution in [2.24, 2.45) is 20.6 Å². The lowest BCUT2D eigenvalue weighted by Crippen LogP contribution is -1.99. The first-order valence-corrected chi connectivity index (χ1v) is 13.7. The lowest BCUT2D eigenvalue weighted by Gasteiger charge is -2.07. The second-order valence-corrected chi connectivity index (χ2v) is 8.80. The number of oxime groups is 4. The van der Waals surface area contributed by atoms with E-state index >= 15 is 0 Å². The predicted octanol–water partition coefficient (Wildman–Crippen LogP) is 4.44. The minimum Gasteiger partial charge on any atom is -0.504 e. The van der Waals surface area contributed by atoms with Crippen LogP contribution < -0.4 is 9.47 Å². The number of rotatable bonds is 20. The van der Waals surface area contributed by atoms with E-state index < -0.39 is 11.5 Å². The van der Waals surface area contributed by atoms with Crippen LogP contribution in [0.4, 0.5) is 0 Å². The summed E-state index contributed by atoms with van der Waals surface area (Å²) in [7, 11) is 0. The van der Waals surface area contributed by atoms with Crippen LogP contribution in [0, 0.1) is 0 Å². The second kappa shape index (κ2) is 19.2. The van der Waals surface area contributed by atoms with Gasteiger partial charge in [-0.2, -0.15) is 0 Å². The molecule has 0 saturated carbocycles. The number of hydrogen-bond donors (Lipinski definition) is 4. The molecule has 0 aliphatic carbocycles. The summed E-state index contributed by atoms with van der Waals surface area (Å²) in [5.41, 5.74) is 1.20. The molecule has 14 heteroatoms. The van der Waals surface area contributed by atoms with Gasteiger partial charge in [0.2, 0.25) is 0 Å². The molecule has 4 N–H and O–H groups in total. The van der Waals surface area contributed by atoms with Crippen molar-refractivity contribution in [1.82, 2.24) is 0 Å². The van der Waals surface area contributed by atoms with E-state index in [1.54, 1.807) is 48.6 Å². The molecule has 0 fully saturated rings. The van der Waals surface area contributed by atoms with Gasteiger partial charge in [0, 0.05) is 22.3 Å². The first kappa shape index (κ1) is 34.3. The molecule has 0 atom stereocenters. The Kier molecular flexibility index (Phi) is 14.3. The van der Waals surface area contributed by atoms with E-state index in [1.807, 2.05) is 0 Å². The molecule has 46 heavy (non-hydrogen) atoms. The average Bonchev–Trinajstić information content (AvgIpc) is 3.06. The van der Waals surface area contributed by atoms with Crippen molar-refractivity contribution in [2.75, 3.05) is 39.6 Å². The molecule has 14 nitrogen and oxygen atoms in total. The van der Waals surface area contributed by atoms with Crippen LogP contribution in [0.3, 0.4) is 0 Å². The number of hydrogen-bond acceptors (Lipinski definition) is 14. The fourth-order valence-corrected chi connectivity index (χ4v) is 3.37. The summed E-state index contributed by atoms with van der Waals surface area (Å²) in [6, 6.07) is 12.9. The smallest absolute Gasteiger partial charge is 0.167 e. The van der Waals surface area contributed by atoms with Gasteiger partial charge in [-0.3, -0.25) is 0 Å². The summed E-state index contributed by atoms with van der Waals surface area (Å²) in [6.07, 6.45) is 8.21. The summed E-state index contributed by atoms with van der Waals surface area (Å²) < 4.78 is 10.7. The molecule has 0 unspecified atom stereocenters. The number of aromatic hydroxyl groups is 4. The van der Waals surface area contributed by atoms with Crippen molar-refractivity contribution in [1.29, 1.82) is 0 Å². The minimum absolute atomic E-state index is 0.0346. The number of phenols is 4. The Bertz CT molecular complexity index is 1440. The SMILES string of the molecule is C=CCOc1cccc(/C=N/OCCO/N=C/c2ccc(/C=N/OCCO/N=C/c3cccc(OCC=C)c3O)c(O)c2O)c1O. The summed E-state index contributed by atoms with van der Waals surface area (Å²) in [6.45, 7) is 7.79. The molecule has 3 aromatic rings. The van der Waals surface area contributed by atoms with Gasteiger partial charge in [-0.25, -0.2) is 0 Å². The van der Waals surface area contributed by atoms with Crippen molar-refractivity contribution >= 4 is 24.9 Å². The zero-order valence-electron chi connectivity index (χ0n) is 24.8. The summed E-state index contributed by atoms with van der Waals surface area (Å²) in [5, 5.41) is 55.9. The molecule has 0 heterocycles. The molecular weight excluding hydrogens is 600 g/mol. The van der Waals surface area contributed by atoms with Crippen molar-refractivity contribution in [3.8, 4) is 34.5 Å². The Morgan fingerprint density at radius 2 is 0.804 bits per heavy atom. The molecule has 0 spiro atoms. The number of nitrogens with zero attached hydrogens (tertiary/aromatic N) is 4.